The third kappa shape index (κ3) is 3.95. The standard InChI is InChI=1S/C24H26FNO3/c1-5-14-26-20(15-6-10-17(11-7-15)24(2,3)4)19(22(28)23(26)29)21(27)16-8-12-18(25)13-9-16/h6-13,20,27H,5,14H2,1-4H3/b21-19-. The maximum absolute atomic E-state index is 13.3. The molecule has 0 aliphatic carbocycles. The number of aliphatic hydroxyl groups is 1. The summed E-state index contributed by atoms with van der Waals surface area (Å²) in [6, 6.07) is 12.3. The summed E-state index contributed by atoms with van der Waals surface area (Å²) >= 11 is 0. The lowest BCUT2D eigenvalue weighted by molar-refractivity contribution is -0.139. The maximum Gasteiger partial charge on any atom is 0.295 e. The molecule has 0 spiro atoms. The Morgan fingerprint density at radius 2 is 1.62 bits per heavy atom. The fourth-order valence-corrected chi connectivity index (χ4v) is 3.63. The van der Waals surface area contributed by atoms with Crippen molar-refractivity contribution in [1.29, 1.82) is 0 Å². The van der Waals surface area contributed by atoms with Crippen LogP contribution in [0.3, 0.4) is 0 Å². The molecule has 2 aromatic carbocycles. The lowest BCUT2D eigenvalue weighted by Crippen LogP contribution is -2.30. The second-order valence-electron chi connectivity index (χ2n) is 8.37. The summed E-state index contributed by atoms with van der Waals surface area (Å²) in [5.41, 5.74) is 2.20. The predicted molar refractivity (Wildman–Crippen MR) is 111 cm³/mol. The molecule has 1 amide bonds. The van der Waals surface area contributed by atoms with Gasteiger partial charge in [-0.05, 0) is 47.2 Å². The van der Waals surface area contributed by atoms with E-state index in [9.17, 15) is 19.1 Å². The summed E-state index contributed by atoms with van der Waals surface area (Å²) < 4.78 is 13.3. The third-order valence-electron chi connectivity index (χ3n) is 5.21. The van der Waals surface area contributed by atoms with Gasteiger partial charge in [-0.2, -0.15) is 0 Å². The summed E-state index contributed by atoms with van der Waals surface area (Å²) in [6.07, 6.45) is 0.681. The molecular formula is C24H26FNO3. The van der Waals surface area contributed by atoms with E-state index in [1.54, 1.807) is 0 Å². The Balaban J connectivity index is 2.14. The molecular weight excluding hydrogens is 369 g/mol. The molecule has 1 fully saturated rings. The highest BCUT2D eigenvalue weighted by Gasteiger charge is 2.45. The van der Waals surface area contributed by atoms with Gasteiger partial charge in [0.25, 0.3) is 11.7 Å². The number of carbonyl (C=O) groups is 2. The molecule has 0 bridgehead atoms. The van der Waals surface area contributed by atoms with Gasteiger partial charge in [-0.25, -0.2) is 4.39 Å². The number of rotatable bonds is 4. The van der Waals surface area contributed by atoms with Crippen LogP contribution in [0, 0.1) is 5.82 Å². The molecule has 2 aromatic rings. The number of hydrogen-bond acceptors (Lipinski definition) is 3. The first-order valence-corrected chi connectivity index (χ1v) is 9.80. The molecule has 1 aliphatic rings. The van der Waals surface area contributed by atoms with Crippen LogP contribution in [0.1, 0.15) is 56.8 Å². The van der Waals surface area contributed by atoms with Crippen molar-refractivity contribution in [2.45, 2.75) is 45.6 Å². The second kappa shape index (κ2) is 7.82. The minimum absolute atomic E-state index is 0.0299. The minimum atomic E-state index is -0.717. The van der Waals surface area contributed by atoms with Crippen molar-refractivity contribution in [3.8, 4) is 0 Å². The van der Waals surface area contributed by atoms with Crippen LogP contribution < -0.4 is 0 Å². The van der Waals surface area contributed by atoms with Crippen LogP contribution in [-0.2, 0) is 15.0 Å². The topological polar surface area (TPSA) is 57.6 Å². The highest BCUT2D eigenvalue weighted by molar-refractivity contribution is 6.46. The summed E-state index contributed by atoms with van der Waals surface area (Å²) in [4.78, 5) is 27.0. The zero-order valence-corrected chi connectivity index (χ0v) is 17.2. The number of likely N-dealkylation sites (tertiary alicyclic amines) is 1. The van der Waals surface area contributed by atoms with Gasteiger partial charge < -0.3 is 10.0 Å². The summed E-state index contributed by atoms with van der Waals surface area (Å²) in [5.74, 6) is -2.07. The van der Waals surface area contributed by atoms with E-state index < -0.39 is 23.5 Å². The number of nitrogens with zero attached hydrogens (tertiary/aromatic N) is 1. The molecule has 1 N–H and O–H groups in total. The van der Waals surface area contributed by atoms with Crippen LogP contribution >= 0.6 is 0 Å². The first kappa shape index (κ1) is 20.8. The largest absolute Gasteiger partial charge is 0.507 e. The average Bonchev–Trinajstić information content (AvgIpc) is 2.93. The molecule has 152 valence electrons. The number of ketones is 1. The van der Waals surface area contributed by atoms with E-state index in [0.29, 0.717) is 18.5 Å². The Hall–Kier alpha value is -2.95. The fourth-order valence-electron chi connectivity index (χ4n) is 3.63. The highest BCUT2D eigenvalue weighted by atomic mass is 19.1. The van der Waals surface area contributed by atoms with Gasteiger partial charge in [0, 0.05) is 12.1 Å². The summed E-state index contributed by atoms with van der Waals surface area (Å²) in [5, 5.41) is 10.9. The SMILES string of the molecule is CCCN1C(=O)C(=O)/C(=C(\O)c2ccc(F)cc2)C1c1ccc(C(C)(C)C)cc1. The van der Waals surface area contributed by atoms with E-state index in [0.717, 1.165) is 11.1 Å². The van der Waals surface area contributed by atoms with Gasteiger partial charge in [0.2, 0.25) is 0 Å². The van der Waals surface area contributed by atoms with Crippen LogP contribution in [0.15, 0.2) is 54.1 Å². The van der Waals surface area contributed by atoms with Crippen molar-refractivity contribution < 1.29 is 19.1 Å². The number of amides is 1. The van der Waals surface area contributed by atoms with E-state index in [-0.39, 0.29) is 16.7 Å². The van der Waals surface area contributed by atoms with Crippen molar-refractivity contribution in [3.05, 3.63) is 76.6 Å². The molecule has 1 saturated heterocycles. The van der Waals surface area contributed by atoms with Gasteiger partial charge in [0.15, 0.2) is 0 Å². The Kier molecular flexibility index (Phi) is 5.60. The van der Waals surface area contributed by atoms with Crippen LogP contribution in [0.5, 0.6) is 0 Å². The molecule has 0 saturated carbocycles. The van der Waals surface area contributed by atoms with E-state index >= 15 is 0 Å². The van der Waals surface area contributed by atoms with Gasteiger partial charge in [-0.1, -0.05) is 52.0 Å². The Bertz CT molecular complexity index is 953. The number of carbonyl (C=O) groups excluding carboxylic acids is 2. The van der Waals surface area contributed by atoms with E-state index in [1.807, 2.05) is 31.2 Å². The number of Topliss-reactive ketones (excluding diaryl/α,β-unsaturated/α-hetero) is 1. The molecule has 1 unspecified atom stereocenters. The van der Waals surface area contributed by atoms with Gasteiger partial charge in [0.05, 0.1) is 11.6 Å². The summed E-state index contributed by atoms with van der Waals surface area (Å²) in [6.45, 7) is 8.66. The fraction of sp³-hybridized carbons (Fsp3) is 0.333. The summed E-state index contributed by atoms with van der Waals surface area (Å²) in [7, 11) is 0. The molecule has 5 heteroatoms. The number of aliphatic hydroxyl groups excluding tert-OH is 1. The van der Waals surface area contributed by atoms with Crippen LogP contribution in [0.2, 0.25) is 0 Å². The molecule has 0 aromatic heterocycles. The maximum atomic E-state index is 13.3. The van der Waals surface area contributed by atoms with Crippen molar-refractivity contribution in [3.63, 3.8) is 0 Å². The Labute approximate surface area is 170 Å². The van der Waals surface area contributed by atoms with Gasteiger partial charge >= 0.3 is 0 Å². The first-order chi connectivity index (χ1) is 13.6. The molecule has 3 rings (SSSR count). The van der Waals surface area contributed by atoms with Gasteiger partial charge in [-0.15, -0.1) is 0 Å². The van der Waals surface area contributed by atoms with E-state index in [4.69, 9.17) is 0 Å². The molecule has 1 atom stereocenters. The van der Waals surface area contributed by atoms with E-state index in [2.05, 4.69) is 20.8 Å². The van der Waals surface area contributed by atoms with E-state index in [1.165, 1.54) is 29.2 Å². The average molecular weight is 395 g/mol. The molecule has 4 nitrogen and oxygen atoms in total. The molecule has 0 radical (unpaired) electrons. The van der Waals surface area contributed by atoms with Crippen molar-refractivity contribution in [2.24, 2.45) is 0 Å². The normalized spacial score (nSPS) is 19.1. The Morgan fingerprint density at radius 3 is 2.14 bits per heavy atom. The quantitative estimate of drug-likeness (QED) is 0.452. The molecule has 1 aliphatic heterocycles. The zero-order chi connectivity index (χ0) is 21.3. The predicted octanol–water partition coefficient (Wildman–Crippen LogP) is 4.95. The van der Waals surface area contributed by atoms with Crippen molar-refractivity contribution in [1.82, 2.24) is 4.90 Å². The number of benzene rings is 2. The lowest BCUT2D eigenvalue weighted by atomic mass is 9.85. The highest BCUT2D eigenvalue weighted by Crippen LogP contribution is 2.40. The third-order valence-corrected chi connectivity index (χ3v) is 5.21. The van der Waals surface area contributed by atoms with Crippen LogP contribution in [-0.4, -0.2) is 28.2 Å². The zero-order valence-electron chi connectivity index (χ0n) is 17.2. The van der Waals surface area contributed by atoms with Gasteiger partial charge in [0.1, 0.15) is 11.6 Å². The van der Waals surface area contributed by atoms with Crippen molar-refractivity contribution in [2.75, 3.05) is 6.54 Å². The van der Waals surface area contributed by atoms with Gasteiger partial charge in [-0.3, -0.25) is 9.59 Å². The number of hydrogen-bond donors (Lipinski definition) is 1. The second-order valence-corrected chi connectivity index (χ2v) is 8.37. The lowest BCUT2D eigenvalue weighted by Gasteiger charge is -2.26. The Morgan fingerprint density at radius 1 is 1.03 bits per heavy atom. The first-order valence-electron chi connectivity index (χ1n) is 9.80. The smallest absolute Gasteiger partial charge is 0.295 e. The minimum Gasteiger partial charge on any atom is -0.507 e. The molecule has 29 heavy (non-hydrogen) atoms. The monoisotopic (exact) mass is 395 g/mol. The molecule has 1 heterocycles. The van der Waals surface area contributed by atoms with Crippen LogP contribution in [0.4, 0.5) is 4.39 Å². The van der Waals surface area contributed by atoms with Crippen molar-refractivity contribution >= 4 is 17.4 Å². The van der Waals surface area contributed by atoms with Crippen LogP contribution in [0.25, 0.3) is 5.76 Å². The number of halogens is 1.